The Hall–Kier alpha value is -2.55. The van der Waals surface area contributed by atoms with Crippen LogP contribution in [0.25, 0.3) is 0 Å². The van der Waals surface area contributed by atoms with Gasteiger partial charge in [-0.1, -0.05) is 23.2 Å². The number of amides is 1. The smallest absolute Gasteiger partial charge is 0.257 e. The average Bonchev–Trinajstić information content (AvgIpc) is 2.76. The molecule has 0 bridgehead atoms. The number of methoxy groups -OCH3 is 2. The van der Waals surface area contributed by atoms with Gasteiger partial charge in [-0.05, 0) is 39.2 Å². The lowest BCUT2D eigenvalue weighted by Gasteiger charge is -2.17. The molecule has 0 fully saturated rings. The molecule has 1 aromatic heterocycles. The summed E-state index contributed by atoms with van der Waals surface area (Å²) in [6.07, 6.45) is 3.56. The lowest BCUT2D eigenvalue weighted by atomic mass is 10.0. The van der Waals surface area contributed by atoms with Gasteiger partial charge in [-0.2, -0.15) is 0 Å². The standard InChI is InChI=1S/C22H27Cl2N3O5/c1-27(2)9-5-8-26-20(29)13-32-21-14(6-7-19(30-3)22(21)31-4)18(28)10-15-16(23)11-25-12-17(15)24/h6-7,11-12H,5,8-10,13H2,1-4H3,(H,26,29). The highest BCUT2D eigenvalue weighted by Gasteiger charge is 2.23. The number of ketones is 1. The Kier molecular flexibility index (Phi) is 10.0. The molecule has 0 aliphatic heterocycles. The maximum Gasteiger partial charge on any atom is 0.257 e. The number of benzene rings is 1. The van der Waals surface area contributed by atoms with Gasteiger partial charge in [0.15, 0.2) is 23.9 Å². The van der Waals surface area contributed by atoms with E-state index in [0.29, 0.717) is 17.9 Å². The van der Waals surface area contributed by atoms with Crippen LogP contribution in [0, 0.1) is 0 Å². The zero-order valence-corrected chi connectivity index (χ0v) is 20.0. The highest BCUT2D eigenvalue weighted by atomic mass is 35.5. The van der Waals surface area contributed by atoms with E-state index >= 15 is 0 Å². The van der Waals surface area contributed by atoms with Crippen LogP contribution in [0.2, 0.25) is 10.0 Å². The summed E-state index contributed by atoms with van der Waals surface area (Å²) in [4.78, 5) is 31.3. The molecule has 0 atom stereocenters. The number of nitrogens with zero attached hydrogens (tertiary/aromatic N) is 2. The summed E-state index contributed by atoms with van der Waals surface area (Å²) in [6, 6.07) is 3.15. The normalized spacial score (nSPS) is 10.7. The van der Waals surface area contributed by atoms with Gasteiger partial charge in [0.1, 0.15) is 0 Å². The summed E-state index contributed by atoms with van der Waals surface area (Å²) in [7, 11) is 6.82. The molecule has 1 amide bonds. The van der Waals surface area contributed by atoms with Gasteiger partial charge in [0.2, 0.25) is 5.75 Å². The minimum atomic E-state index is -0.317. The lowest BCUT2D eigenvalue weighted by Crippen LogP contribution is -2.31. The van der Waals surface area contributed by atoms with Gasteiger partial charge in [0, 0.05) is 30.9 Å². The Labute approximate surface area is 197 Å². The van der Waals surface area contributed by atoms with E-state index in [1.807, 2.05) is 19.0 Å². The first-order chi connectivity index (χ1) is 15.3. The molecular weight excluding hydrogens is 457 g/mol. The number of carbonyl (C=O) groups is 2. The summed E-state index contributed by atoms with van der Waals surface area (Å²) in [6.45, 7) is 1.08. The van der Waals surface area contributed by atoms with Crippen molar-refractivity contribution in [1.82, 2.24) is 15.2 Å². The number of halogens is 2. The van der Waals surface area contributed by atoms with E-state index in [1.165, 1.54) is 26.6 Å². The fourth-order valence-electron chi connectivity index (χ4n) is 2.94. The largest absolute Gasteiger partial charge is 0.493 e. The average molecular weight is 484 g/mol. The molecular formula is C22H27Cl2N3O5. The van der Waals surface area contributed by atoms with Gasteiger partial charge >= 0.3 is 0 Å². The molecule has 2 rings (SSSR count). The van der Waals surface area contributed by atoms with Crippen molar-refractivity contribution >= 4 is 34.9 Å². The SMILES string of the molecule is COc1ccc(C(=O)Cc2c(Cl)cncc2Cl)c(OCC(=O)NCCCN(C)C)c1OC. The molecule has 0 spiro atoms. The molecule has 1 heterocycles. The van der Waals surface area contributed by atoms with Crippen LogP contribution in [-0.4, -0.2) is 69.6 Å². The number of rotatable bonds is 12. The minimum absolute atomic E-state index is 0.0806. The molecule has 1 N–H and O–H groups in total. The van der Waals surface area contributed by atoms with E-state index in [-0.39, 0.29) is 51.8 Å². The molecule has 0 unspecified atom stereocenters. The van der Waals surface area contributed by atoms with Crippen molar-refractivity contribution in [3.63, 3.8) is 0 Å². The van der Waals surface area contributed by atoms with E-state index in [9.17, 15) is 9.59 Å². The van der Waals surface area contributed by atoms with Crippen molar-refractivity contribution in [3.8, 4) is 17.2 Å². The monoisotopic (exact) mass is 483 g/mol. The van der Waals surface area contributed by atoms with Crippen LogP contribution >= 0.6 is 23.2 Å². The topological polar surface area (TPSA) is 90.0 Å². The Morgan fingerprint density at radius 2 is 1.75 bits per heavy atom. The van der Waals surface area contributed by atoms with Gasteiger partial charge in [0.25, 0.3) is 5.91 Å². The van der Waals surface area contributed by atoms with Crippen molar-refractivity contribution in [3.05, 3.63) is 45.7 Å². The second kappa shape index (κ2) is 12.5. The Bertz CT molecular complexity index is 933. The number of Topliss-reactive ketones (excluding diaryl/α,β-unsaturated/α-hetero) is 1. The molecule has 0 aliphatic rings. The first-order valence-electron chi connectivity index (χ1n) is 9.88. The molecule has 1 aromatic carbocycles. The van der Waals surface area contributed by atoms with Crippen LogP contribution in [0.3, 0.4) is 0 Å². The first kappa shape index (κ1) is 25.7. The van der Waals surface area contributed by atoms with E-state index in [4.69, 9.17) is 37.4 Å². The highest BCUT2D eigenvalue weighted by Crippen LogP contribution is 2.40. The summed E-state index contributed by atoms with van der Waals surface area (Å²) in [5, 5.41) is 3.35. The minimum Gasteiger partial charge on any atom is -0.493 e. The third-order valence-electron chi connectivity index (χ3n) is 4.54. The van der Waals surface area contributed by atoms with Crippen LogP contribution in [-0.2, 0) is 11.2 Å². The van der Waals surface area contributed by atoms with Crippen molar-refractivity contribution < 1.29 is 23.8 Å². The number of hydrogen-bond acceptors (Lipinski definition) is 7. The van der Waals surface area contributed by atoms with Gasteiger partial charge in [0.05, 0.1) is 29.8 Å². The van der Waals surface area contributed by atoms with Crippen LogP contribution in [0.5, 0.6) is 17.2 Å². The van der Waals surface area contributed by atoms with Gasteiger partial charge in [-0.3, -0.25) is 14.6 Å². The van der Waals surface area contributed by atoms with Crippen molar-refractivity contribution in [2.75, 3.05) is 48.0 Å². The summed E-state index contributed by atoms with van der Waals surface area (Å²) >= 11 is 12.3. The summed E-state index contributed by atoms with van der Waals surface area (Å²) in [5.41, 5.74) is 0.666. The van der Waals surface area contributed by atoms with E-state index in [0.717, 1.165) is 13.0 Å². The quantitative estimate of drug-likeness (QED) is 0.365. The zero-order chi connectivity index (χ0) is 23.7. The van der Waals surface area contributed by atoms with Crippen LogP contribution in [0.15, 0.2) is 24.5 Å². The van der Waals surface area contributed by atoms with Gasteiger partial charge in [-0.25, -0.2) is 0 Å². The second-order valence-electron chi connectivity index (χ2n) is 7.15. The maximum atomic E-state index is 13.1. The third-order valence-corrected chi connectivity index (χ3v) is 5.19. The van der Waals surface area contributed by atoms with E-state index in [1.54, 1.807) is 12.1 Å². The Morgan fingerprint density at radius 3 is 2.34 bits per heavy atom. The zero-order valence-electron chi connectivity index (χ0n) is 18.5. The maximum absolute atomic E-state index is 13.1. The molecule has 0 radical (unpaired) electrons. The third kappa shape index (κ3) is 6.98. The molecule has 0 aliphatic carbocycles. The summed E-state index contributed by atoms with van der Waals surface area (Å²) in [5.74, 6) is 0.0623. The number of carbonyl (C=O) groups excluding carboxylic acids is 2. The van der Waals surface area contributed by atoms with Gasteiger partial charge < -0.3 is 24.4 Å². The molecule has 2 aromatic rings. The predicted molar refractivity (Wildman–Crippen MR) is 124 cm³/mol. The molecule has 0 saturated carbocycles. The number of nitrogens with one attached hydrogen (secondary N) is 1. The highest BCUT2D eigenvalue weighted by molar-refractivity contribution is 6.36. The van der Waals surface area contributed by atoms with E-state index in [2.05, 4.69) is 10.3 Å². The predicted octanol–water partition coefficient (Wildman–Crippen LogP) is 3.28. The van der Waals surface area contributed by atoms with E-state index < -0.39 is 0 Å². The van der Waals surface area contributed by atoms with Crippen molar-refractivity contribution in [1.29, 1.82) is 0 Å². The Morgan fingerprint density at radius 1 is 1.06 bits per heavy atom. The molecule has 8 nitrogen and oxygen atoms in total. The molecule has 10 heteroatoms. The number of aromatic nitrogens is 1. The number of pyridine rings is 1. The van der Waals surface area contributed by atoms with Gasteiger partial charge in [-0.15, -0.1) is 0 Å². The lowest BCUT2D eigenvalue weighted by molar-refractivity contribution is -0.123. The summed E-state index contributed by atoms with van der Waals surface area (Å²) < 4.78 is 16.5. The molecule has 0 saturated heterocycles. The molecule has 32 heavy (non-hydrogen) atoms. The number of hydrogen-bond donors (Lipinski definition) is 1. The van der Waals surface area contributed by atoms with Crippen LogP contribution in [0.1, 0.15) is 22.3 Å². The fourth-order valence-corrected chi connectivity index (χ4v) is 3.43. The first-order valence-corrected chi connectivity index (χ1v) is 10.6. The van der Waals surface area contributed by atoms with Crippen molar-refractivity contribution in [2.24, 2.45) is 0 Å². The molecule has 174 valence electrons. The van der Waals surface area contributed by atoms with Crippen molar-refractivity contribution in [2.45, 2.75) is 12.8 Å². The fraction of sp³-hybridized carbons (Fsp3) is 0.409. The number of ether oxygens (including phenoxy) is 3. The van der Waals surface area contributed by atoms with Crippen LogP contribution < -0.4 is 19.5 Å². The van der Waals surface area contributed by atoms with Crippen LogP contribution in [0.4, 0.5) is 0 Å². The Balaban J connectivity index is 2.22. The second-order valence-corrected chi connectivity index (χ2v) is 7.97.